The summed E-state index contributed by atoms with van der Waals surface area (Å²) in [4.78, 5) is 15.3. The van der Waals surface area contributed by atoms with Gasteiger partial charge in [0.2, 0.25) is 15.9 Å². The van der Waals surface area contributed by atoms with Gasteiger partial charge in [-0.1, -0.05) is 24.3 Å². The maximum Gasteiger partial charge on any atom is 0.243 e. The first kappa shape index (κ1) is 19.9. The standard InChI is InChI=1S/C19H21FN2O3S2/c1-15(26-17-7-3-2-4-8-17)19(23)21-10-12-22(13-11-21)27(24,25)18-9-5-6-16(20)14-18/h2-9,14-15H,10-13H2,1H3. The van der Waals surface area contributed by atoms with E-state index in [1.165, 1.54) is 34.3 Å². The Morgan fingerprint density at radius 2 is 1.70 bits per heavy atom. The molecule has 1 saturated heterocycles. The topological polar surface area (TPSA) is 57.7 Å². The largest absolute Gasteiger partial charge is 0.339 e. The Hall–Kier alpha value is -1.90. The summed E-state index contributed by atoms with van der Waals surface area (Å²) < 4.78 is 40.0. The van der Waals surface area contributed by atoms with Gasteiger partial charge in [-0.3, -0.25) is 4.79 Å². The van der Waals surface area contributed by atoms with Gasteiger partial charge in [0.05, 0.1) is 10.1 Å². The van der Waals surface area contributed by atoms with Crippen LogP contribution in [0.5, 0.6) is 0 Å². The van der Waals surface area contributed by atoms with Crippen LogP contribution in [-0.2, 0) is 14.8 Å². The van der Waals surface area contributed by atoms with Crippen molar-refractivity contribution in [3.05, 3.63) is 60.4 Å². The Bertz CT molecular complexity index is 898. The van der Waals surface area contributed by atoms with Crippen LogP contribution in [0.1, 0.15) is 6.92 Å². The predicted molar refractivity (Wildman–Crippen MR) is 103 cm³/mol. The van der Waals surface area contributed by atoms with Crippen molar-refractivity contribution < 1.29 is 17.6 Å². The number of halogens is 1. The van der Waals surface area contributed by atoms with Gasteiger partial charge < -0.3 is 4.90 Å². The van der Waals surface area contributed by atoms with Gasteiger partial charge in [-0.05, 0) is 37.3 Å². The zero-order valence-corrected chi connectivity index (χ0v) is 16.5. The van der Waals surface area contributed by atoms with E-state index in [0.717, 1.165) is 11.0 Å². The smallest absolute Gasteiger partial charge is 0.243 e. The van der Waals surface area contributed by atoms with Gasteiger partial charge in [-0.15, -0.1) is 11.8 Å². The number of carbonyl (C=O) groups excluding carboxylic acids is 1. The maximum absolute atomic E-state index is 13.4. The summed E-state index contributed by atoms with van der Waals surface area (Å²) in [6.07, 6.45) is 0. The molecule has 3 rings (SSSR count). The van der Waals surface area contributed by atoms with Crippen LogP contribution in [0.15, 0.2) is 64.4 Å². The molecule has 2 aromatic carbocycles. The molecule has 1 unspecified atom stereocenters. The second-order valence-corrected chi connectivity index (χ2v) is 9.61. The van der Waals surface area contributed by atoms with E-state index in [4.69, 9.17) is 0 Å². The summed E-state index contributed by atoms with van der Waals surface area (Å²) in [6, 6.07) is 14.7. The average molecular weight is 409 g/mol. The zero-order chi connectivity index (χ0) is 19.4. The third-order valence-electron chi connectivity index (χ3n) is 4.39. The van der Waals surface area contributed by atoms with Crippen molar-refractivity contribution >= 4 is 27.7 Å². The lowest BCUT2D eigenvalue weighted by Crippen LogP contribution is -2.52. The van der Waals surface area contributed by atoms with E-state index in [-0.39, 0.29) is 29.1 Å². The fraction of sp³-hybridized carbons (Fsp3) is 0.316. The van der Waals surface area contributed by atoms with Crippen LogP contribution in [0, 0.1) is 5.82 Å². The molecule has 0 bridgehead atoms. The van der Waals surface area contributed by atoms with Crippen LogP contribution in [0.3, 0.4) is 0 Å². The molecule has 1 atom stereocenters. The lowest BCUT2D eigenvalue weighted by Gasteiger charge is -2.35. The highest BCUT2D eigenvalue weighted by Gasteiger charge is 2.31. The lowest BCUT2D eigenvalue weighted by atomic mass is 10.3. The number of hydrogen-bond donors (Lipinski definition) is 0. The zero-order valence-electron chi connectivity index (χ0n) is 14.9. The van der Waals surface area contributed by atoms with Crippen molar-refractivity contribution in [1.82, 2.24) is 9.21 Å². The number of carbonyl (C=O) groups is 1. The van der Waals surface area contributed by atoms with Gasteiger partial charge in [0.15, 0.2) is 0 Å². The molecular formula is C19H21FN2O3S2. The Labute approximate surface area is 163 Å². The number of piperazine rings is 1. The fourth-order valence-corrected chi connectivity index (χ4v) is 5.36. The summed E-state index contributed by atoms with van der Waals surface area (Å²) in [5, 5.41) is -0.251. The van der Waals surface area contributed by atoms with E-state index < -0.39 is 15.8 Å². The molecule has 1 aliphatic rings. The van der Waals surface area contributed by atoms with Crippen LogP contribution in [-0.4, -0.2) is 55.0 Å². The van der Waals surface area contributed by atoms with E-state index in [1.54, 1.807) is 4.90 Å². The van der Waals surface area contributed by atoms with Crippen LogP contribution in [0.4, 0.5) is 4.39 Å². The molecule has 0 N–H and O–H groups in total. The predicted octanol–water partition coefficient (Wildman–Crippen LogP) is 2.84. The second-order valence-electron chi connectivity index (χ2n) is 6.26. The number of sulfonamides is 1. The summed E-state index contributed by atoms with van der Waals surface area (Å²) in [5.41, 5.74) is 0. The van der Waals surface area contributed by atoms with Crippen molar-refractivity contribution in [2.45, 2.75) is 22.0 Å². The summed E-state index contributed by atoms with van der Waals surface area (Å²) in [5.74, 6) is -0.594. The first-order chi connectivity index (χ1) is 12.9. The third-order valence-corrected chi connectivity index (χ3v) is 7.38. The Kier molecular flexibility index (Phi) is 6.18. The van der Waals surface area contributed by atoms with Gasteiger partial charge in [0.1, 0.15) is 5.82 Å². The quantitative estimate of drug-likeness (QED) is 0.714. The first-order valence-corrected chi connectivity index (χ1v) is 11.0. The summed E-state index contributed by atoms with van der Waals surface area (Å²) in [6.45, 7) is 2.91. The van der Waals surface area contributed by atoms with Crippen molar-refractivity contribution in [1.29, 1.82) is 0 Å². The average Bonchev–Trinajstić information content (AvgIpc) is 2.68. The summed E-state index contributed by atoms with van der Waals surface area (Å²) >= 11 is 1.49. The Morgan fingerprint density at radius 3 is 2.33 bits per heavy atom. The van der Waals surface area contributed by atoms with Crippen molar-refractivity contribution in [2.75, 3.05) is 26.2 Å². The number of hydrogen-bond acceptors (Lipinski definition) is 4. The molecule has 1 amide bonds. The molecule has 0 radical (unpaired) electrons. The van der Waals surface area contributed by atoms with Gasteiger partial charge in [0, 0.05) is 31.1 Å². The SMILES string of the molecule is CC(Sc1ccccc1)C(=O)N1CCN(S(=O)(=O)c2cccc(F)c2)CC1. The molecule has 27 heavy (non-hydrogen) atoms. The number of thioether (sulfide) groups is 1. The lowest BCUT2D eigenvalue weighted by molar-refractivity contribution is -0.131. The summed E-state index contributed by atoms with van der Waals surface area (Å²) in [7, 11) is -3.75. The highest BCUT2D eigenvalue weighted by molar-refractivity contribution is 8.00. The van der Waals surface area contributed by atoms with Crippen molar-refractivity contribution in [3.63, 3.8) is 0 Å². The number of nitrogens with zero attached hydrogens (tertiary/aromatic N) is 2. The van der Waals surface area contributed by atoms with Gasteiger partial charge in [0.25, 0.3) is 0 Å². The highest BCUT2D eigenvalue weighted by atomic mass is 32.2. The third kappa shape index (κ3) is 4.69. The minimum absolute atomic E-state index is 0.00773. The van der Waals surface area contributed by atoms with E-state index in [9.17, 15) is 17.6 Å². The van der Waals surface area contributed by atoms with Crippen molar-refractivity contribution in [2.24, 2.45) is 0 Å². The Balaban J connectivity index is 1.60. The minimum atomic E-state index is -3.75. The molecule has 5 nitrogen and oxygen atoms in total. The van der Waals surface area contributed by atoms with E-state index in [2.05, 4.69) is 0 Å². The van der Waals surface area contributed by atoms with Gasteiger partial charge in [-0.2, -0.15) is 4.31 Å². The maximum atomic E-state index is 13.4. The van der Waals surface area contributed by atoms with Crippen molar-refractivity contribution in [3.8, 4) is 0 Å². The molecule has 0 saturated carbocycles. The molecule has 0 aromatic heterocycles. The van der Waals surface area contributed by atoms with E-state index in [1.807, 2.05) is 37.3 Å². The monoisotopic (exact) mass is 408 g/mol. The molecule has 144 valence electrons. The van der Waals surface area contributed by atoms with Crippen LogP contribution < -0.4 is 0 Å². The van der Waals surface area contributed by atoms with Crippen LogP contribution >= 0.6 is 11.8 Å². The minimum Gasteiger partial charge on any atom is -0.339 e. The number of amides is 1. The van der Waals surface area contributed by atoms with Crippen LogP contribution in [0.25, 0.3) is 0 Å². The fourth-order valence-electron chi connectivity index (χ4n) is 2.94. The Morgan fingerprint density at radius 1 is 1.04 bits per heavy atom. The normalized spacial score (nSPS) is 16.9. The molecule has 1 fully saturated rings. The number of benzene rings is 2. The molecule has 8 heteroatoms. The molecular weight excluding hydrogens is 387 g/mol. The second kappa shape index (κ2) is 8.41. The number of rotatable bonds is 5. The van der Waals surface area contributed by atoms with E-state index in [0.29, 0.717) is 13.1 Å². The van der Waals surface area contributed by atoms with Gasteiger partial charge in [-0.25, -0.2) is 12.8 Å². The van der Waals surface area contributed by atoms with Crippen LogP contribution in [0.2, 0.25) is 0 Å². The van der Waals surface area contributed by atoms with E-state index >= 15 is 0 Å². The molecule has 2 aromatic rings. The van der Waals surface area contributed by atoms with Gasteiger partial charge >= 0.3 is 0 Å². The molecule has 1 heterocycles. The highest BCUT2D eigenvalue weighted by Crippen LogP contribution is 2.25. The molecule has 0 spiro atoms. The molecule has 0 aliphatic carbocycles. The first-order valence-electron chi connectivity index (χ1n) is 8.64. The molecule has 1 aliphatic heterocycles.